The number of hydrogen-bond donors (Lipinski definition) is 0. The summed E-state index contributed by atoms with van der Waals surface area (Å²) in [4.78, 5) is 4.65. The summed E-state index contributed by atoms with van der Waals surface area (Å²) in [7, 11) is 4.19. The fourth-order valence-corrected chi connectivity index (χ4v) is 2.65. The average molecular weight is 292 g/mol. The molecule has 0 saturated carbocycles. The Kier molecular flexibility index (Phi) is 6.03. The molecule has 0 unspecified atom stereocenters. The van der Waals surface area contributed by atoms with Gasteiger partial charge in [-0.15, -0.1) is 0 Å². The van der Waals surface area contributed by atoms with Crippen LogP contribution in [0.4, 0.5) is 0 Å². The molecule has 1 fully saturated rings. The van der Waals surface area contributed by atoms with Gasteiger partial charge in [-0.3, -0.25) is 4.90 Å². The van der Waals surface area contributed by atoms with E-state index in [2.05, 4.69) is 48.2 Å². The van der Waals surface area contributed by atoms with E-state index in [-0.39, 0.29) is 6.10 Å². The highest BCUT2D eigenvalue weighted by molar-refractivity contribution is 5.27. The van der Waals surface area contributed by atoms with Crippen molar-refractivity contribution < 1.29 is 9.47 Å². The topological polar surface area (TPSA) is 24.9 Å². The summed E-state index contributed by atoms with van der Waals surface area (Å²) in [5, 5.41) is 0. The Morgan fingerprint density at radius 2 is 2.00 bits per heavy atom. The quantitative estimate of drug-likeness (QED) is 0.803. The van der Waals surface area contributed by atoms with Crippen molar-refractivity contribution in [2.24, 2.45) is 0 Å². The van der Waals surface area contributed by atoms with E-state index in [1.165, 1.54) is 5.56 Å². The van der Waals surface area contributed by atoms with Crippen LogP contribution in [0.5, 0.6) is 5.75 Å². The van der Waals surface area contributed by atoms with Gasteiger partial charge in [0.2, 0.25) is 0 Å². The van der Waals surface area contributed by atoms with Gasteiger partial charge in [0.25, 0.3) is 0 Å². The van der Waals surface area contributed by atoms with Crippen molar-refractivity contribution in [2.75, 3.05) is 40.3 Å². The van der Waals surface area contributed by atoms with E-state index >= 15 is 0 Å². The molecule has 1 aliphatic rings. The molecule has 0 spiro atoms. The molecule has 21 heavy (non-hydrogen) atoms. The Morgan fingerprint density at radius 3 is 2.62 bits per heavy atom. The maximum atomic E-state index is 5.82. The highest BCUT2D eigenvalue weighted by Gasteiger charge is 2.20. The van der Waals surface area contributed by atoms with Crippen molar-refractivity contribution in [3.8, 4) is 5.75 Å². The molecule has 1 atom stereocenters. The van der Waals surface area contributed by atoms with Gasteiger partial charge >= 0.3 is 0 Å². The standard InChI is InChI=1S/C17H28N2O2/c1-14(2)21-16-7-5-15(6-8-16)11-19-9-10-20-17(13-19)12-18(3)4/h5-8,14,17H,9-13H2,1-4H3/t17-/m1/s1. The lowest BCUT2D eigenvalue weighted by atomic mass is 10.1. The van der Waals surface area contributed by atoms with Gasteiger partial charge in [0, 0.05) is 26.2 Å². The Morgan fingerprint density at radius 1 is 1.29 bits per heavy atom. The molecule has 1 aromatic rings. The van der Waals surface area contributed by atoms with Crippen LogP contribution in [-0.4, -0.2) is 62.3 Å². The smallest absolute Gasteiger partial charge is 0.119 e. The molecule has 118 valence electrons. The van der Waals surface area contributed by atoms with Gasteiger partial charge in [-0.2, -0.15) is 0 Å². The van der Waals surface area contributed by atoms with E-state index in [9.17, 15) is 0 Å². The van der Waals surface area contributed by atoms with Crippen molar-refractivity contribution in [2.45, 2.75) is 32.6 Å². The summed E-state index contributed by atoms with van der Waals surface area (Å²) < 4.78 is 11.5. The third-order valence-corrected chi connectivity index (χ3v) is 3.49. The number of ether oxygens (including phenoxy) is 2. The van der Waals surface area contributed by atoms with Gasteiger partial charge in [0.1, 0.15) is 5.75 Å². The molecule has 1 aliphatic heterocycles. The predicted molar refractivity (Wildman–Crippen MR) is 85.8 cm³/mol. The first-order valence-electron chi connectivity index (χ1n) is 7.77. The van der Waals surface area contributed by atoms with Crippen molar-refractivity contribution >= 4 is 0 Å². The number of hydrogen-bond acceptors (Lipinski definition) is 4. The zero-order chi connectivity index (χ0) is 15.2. The fraction of sp³-hybridized carbons (Fsp3) is 0.647. The summed E-state index contributed by atoms with van der Waals surface area (Å²) in [6, 6.07) is 8.45. The van der Waals surface area contributed by atoms with Crippen LogP contribution >= 0.6 is 0 Å². The van der Waals surface area contributed by atoms with Crippen LogP contribution in [0.15, 0.2) is 24.3 Å². The lowest BCUT2D eigenvalue weighted by Gasteiger charge is -2.34. The Bertz CT molecular complexity index is 417. The second-order valence-electron chi connectivity index (χ2n) is 6.30. The van der Waals surface area contributed by atoms with Crippen LogP contribution in [0.3, 0.4) is 0 Å². The van der Waals surface area contributed by atoms with Gasteiger partial charge in [0.15, 0.2) is 0 Å². The molecule has 4 heteroatoms. The van der Waals surface area contributed by atoms with E-state index < -0.39 is 0 Å². The molecule has 0 amide bonds. The second kappa shape index (κ2) is 7.78. The van der Waals surface area contributed by atoms with E-state index in [1.807, 2.05) is 13.8 Å². The molecule has 1 aromatic carbocycles. The number of likely N-dealkylation sites (N-methyl/N-ethyl adjacent to an activating group) is 1. The van der Waals surface area contributed by atoms with Crippen LogP contribution in [0.2, 0.25) is 0 Å². The summed E-state index contributed by atoms with van der Waals surface area (Å²) in [5.41, 5.74) is 1.33. The average Bonchev–Trinajstić information content (AvgIpc) is 2.40. The molecule has 4 nitrogen and oxygen atoms in total. The summed E-state index contributed by atoms with van der Waals surface area (Å²) in [6.07, 6.45) is 0.541. The van der Waals surface area contributed by atoms with Crippen molar-refractivity contribution in [1.82, 2.24) is 9.80 Å². The zero-order valence-electron chi connectivity index (χ0n) is 13.7. The van der Waals surface area contributed by atoms with Crippen LogP contribution in [0.25, 0.3) is 0 Å². The highest BCUT2D eigenvalue weighted by atomic mass is 16.5. The minimum Gasteiger partial charge on any atom is -0.491 e. The first kappa shape index (κ1) is 16.3. The zero-order valence-corrected chi connectivity index (χ0v) is 13.7. The molecule has 0 aromatic heterocycles. The van der Waals surface area contributed by atoms with Gasteiger partial charge in [-0.1, -0.05) is 12.1 Å². The molecule has 1 saturated heterocycles. The van der Waals surface area contributed by atoms with Crippen molar-refractivity contribution in [1.29, 1.82) is 0 Å². The van der Waals surface area contributed by atoms with E-state index in [1.54, 1.807) is 0 Å². The van der Waals surface area contributed by atoms with Crippen molar-refractivity contribution in [3.05, 3.63) is 29.8 Å². The van der Waals surface area contributed by atoms with Gasteiger partial charge < -0.3 is 14.4 Å². The van der Waals surface area contributed by atoms with E-state index in [0.29, 0.717) is 6.10 Å². The first-order chi connectivity index (χ1) is 10.0. The Hall–Kier alpha value is -1.10. The van der Waals surface area contributed by atoms with Gasteiger partial charge in [0.05, 0.1) is 18.8 Å². The minimum absolute atomic E-state index is 0.224. The summed E-state index contributed by atoms with van der Waals surface area (Å²) >= 11 is 0. The van der Waals surface area contributed by atoms with Crippen LogP contribution in [0, 0.1) is 0 Å². The maximum absolute atomic E-state index is 5.82. The summed E-state index contributed by atoms with van der Waals surface area (Å²) in [6.45, 7) is 8.90. The molecule has 0 radical (unpaired) electrons. The monoisotopic (exact) mass is 292 g/mol. The van der Waals surface area contributed by atoms with Crippen LogP contribution < -0.4 is 4.74 Å². The lowest BCUT2D eigenvalue weighted by molar-refractivity contribution is -0.0406. The number of benzene rings is 1. The fourth-order valence-electron chi connectivity index (χ4n) is 2.65. The van der Waals surface area contributed by atoms with Crippen LogP contribution in [0.1, 0.15) is 19.4 Å². The van der Waals surface area contributed by atoms with Gasteiger partial charge in [-0.05, 0) is 45.6 Å². The number of nitrogens with zero attached hydrogens (tertiary/aromatic N) is 2. The molecule has 1 heterocycles. The third kappa shape index (κ3) is 5.65. The normalized spacial score (nSPS) is 20.2. The number of morpholine rings is 1. The molecule has 0 N–H and O–H groups in total. The Balaban J connectivity index is 1.86. The maximum Gasteiger partial charge on any atom is 0.119 e. The van der Waals surface area contributed by atoms with Gasteiger partial charge in [-0.25, -0.2) is 0 Å². The number of rotatable bonds is 6. The molecule has 0 bridgehead atoms. The second-order valence-corrected chi connectivity index (χ2v) is 6.30. The SMILES string of the molecule is CC(C)Oc1ccc(CN2CCO[C@H](CN(C)C)C2)cc1. The van der Waals surface area contributed by atoms with E-state index in [4.69, 9.17) is 9.47 Å². The first-order valence-corrected chi connectivity index (χ1v) is 7.77. The molecule has 0 aliphatic carbocycles. The highest BCUT2D eigenvalue weighted by Crippen LogP contribution is 2.16. The van der Waals surface area contributed by atoms with Crippen LogP contribution in [-0.2, 0) is 11.3 Å². The largest absolute Gasteiger partial charge is 0.491 e. The Labute approximate surface area is 128 Å². The lowest BCUT2D eigenvalue weighted by Crippen LogP contribution is -2.45. The minimum atomic E-state index is 0.224. The molecule has 2 rings (SSSR count). The third-order valence-electron chi connectivity index (χ3n) is 3.49. The van der Waals surface area contributed by atoms with E-state index in [0.717, 1.165) is 38.5 Å². The molecular weight excluding hydrogens is 264 g/mol. The van der Waals surface area contributed by atoms with Crippen molar-refractivity contribution in [3.63, 3.8) is 0 Å². The predicted octanol–water partition coefficient (Wildman–Crippen LogP) is 2.24. The molecular formula is C17H28N2O2. The summed E-state index contributed by atoms with van der Waals surface area (Å²) in [5.74, 6) is 0.946.